The van der Waals surface area contributed by atoms with Crippen LogP contribution in [0.15, 0.2) is 29.2 Å². The maximum atomic E-state index is 9.00. The summed E-state index contributed by atoms with van der Waals surface area (Å²) in [5.41, 5.74) is 6.76. The summed E-state index contributed by atoms with van der Waals surface area (Å²) in [6.45, 7) is 1.80. The number of thiol groups is 1. The topological polar surface area (TPSA) is 46.2 Å². The molecule has 0 spiro atoms. The molecule has 0 aromatic heterocycles. The van der Waals surface area contributed by atoms with Crippen LogP contribution in [0.5, 0.6) is 0 Å². The molecule has 1 rings (SSSR count). The van der Waals surface area contributed by atoms with E-state index in [4.69, 9.17) is 10.6 Å². The van der Waals surface area contributed by atoms with Crippen LogP contribution >= 0.6 is 21.4 Å². The molecule has 0 amide bonds. The standard InChI is InChI=1S/C8H12NOPS/c1-8(9,11-10)6-2-4-7(12)5-3-6/h2-5,10-12H,9H2,1H3. The van der Waals surface area contributed by atoms with Crippen molar-refractivity contribution in [2.75, 3.05) is 0 Å². The van der Waals surface area contributed by atoms with Crippen LogP contribution in [0.2, 0.25) is 0 Å². The van der Waals surface area contributed by atoms with Gasteiger partial charge in [0.05, 0.1) is 5.28 Å². The van der Waals surface area contributed by atoms with Gasteiger partial charge in [0, 0.05) is 13.7 Å². The van der Waals surface area contributed by atoms with Crippen molar-refractivity contribution < 1.29 is 4.89 Å². The molecule has 12 heavy (non-hydrogen) atoms. The predicted molar refractivity (Wildman–Crippen MR) is 55.8 cm³/mol. The molecule has 0 aliphatic carbocycles. The minimum absolute atomic E-state index is 0.288. The normalized spacial score (nSPS) is 16.7. The molecule has 0 saturated carbocycles. The van der Waals surface area contributed by atoms with Crippen LogP contribution in [-0.2, 0) is 5.28 Å². The fourth-order valence-corrected chi connectivity index (χ4v) is 1.32. The SMILES string of the molecule is CC(N)(PO)c1ccc(S)cc1. The van der Waals surface area contributed by atoms with E-state index in [0.29, 0.717) is 0 Å². The minimum atomic E-state index is -0.624. The molecule has 2 atom stereocenters. The lowest BCUT2D eigenvalue weighted by Gasteiger charge is -2.21. The molecule has 4 heteroatoms. The lowest BCUT2D eigenvalue weighted by atomic mass is 10.1. The van der Waals surface area contributed by atoms with Crippen molar-refractivity contribution in [3.8, 4) is 0 Å². The first-order chi connectivity index (χ1) is 5.56. The van der Waals surface area contributed by atoms with Crippen molar-refractivity contribution in [3.05, 3.63) is 29.8 Å². The van der Waals surface area contributed by atoms with E-state index in [-0.39, 0.29) is 8.81 Å². The Hall–Kier alpha value is -0.0800. The van der Waals surface area contributed by atoms with Crippen molar-refractivity contribution in [3.63, 3.8) is 0 Å². The van der Waals surface area contributed by atoms with Gasteiger partial charge in [-0.1, -0.05) is 12.1 Å². The van der Waals surface area contributed by atoms with Gasteiger partial charge in [-0.25, -0.2) is 0 Å². The number of benzene rings is 1. The highest BCUT2D eigenvalue weighted by Gasteiger charge is 2.19. The molecule has 1 aromatic rings. The third-order valence-corrected chi connectivity index (χ3v) is 2.75. The first-order valence-corrected chi connectivity index (χ1v) is 4.95. The Morgan fingerprint density at radius 1 is 1.42 bits per heavy atom. The second-order valence-corrected chi connectivity index (χ2v) is 4.64. The van der Waals surface area contributed by atoms with E-state index in [0.717, 1.165) is 10.5 Å². The smallest absolute Gasteiger partial charge is 0.0800 e. The average Bonchev–Trinajstić information content (AvgIpc) is 2.05. The third kappa shape index (κ3) is 2.20. The molecule has 0 heterocycles. The fraction of sp³-hybridized carbons (Fsp3) is 0.250. The first-order valence-electron chi connectivity index (χ1n) is 3.56. The zero-order chi connectivity index (χ0) is 9.19. The molecule has 2 unspecified atom stereocenters. The van der Waals surface area contributed by atoms with E-state index in [1.807, 2.05) is 24.3 Å². The van der Waals surface area contributed by atoms with E-state index >= 15 is 0 Å². The van der Waals surface area contributed by atoms with Gasteiger partial charge in [-0.2, -0.15) is 0 Å². The molecule has 0 radical (unpaired) electrons. The third-order valence-electron chi connectivity index (χ3n) is 1.70. The Labute approximate surface area is 79.5 Å². The second-order valence-electron chi connectivity index (χ2n) is 2.86. The van der Waals surface area contributed by atoms with Crippen LogP contribution in [0.3, 0.4) is 0 Å². The summed E-state index contributed by atoms with van der Waals surface area (Å²) in [4.78, 5) is 9.90. The summed E-state index contributed by atoms with van der Waals surface area (Å²) in [5.74, 6) is 0. The quantitative estimate of drug-likeness (QED) is 0.503. The average molecular weight is 201 g/mol. The Morgan fingerprint density at radius 3 is 2.33 bits per heavy atom. The number of hydrogen-bond donors (Lipinski definition) is 3. The molecule has 0 aliphatic heterocycles. The van der Waals surface area contributed by atoms with Crippen LogP contribution in [0.4, 0.5) is 0 Å². The highest BCUT2D eigenvalue weighted by molar-refractivity contribution is 7.80. The van der Waals surface area contributed by atoms with Crippen molar-refractivity contribution in [1.82, 2.24) is 0 Å². The largest absolute Gasteiger partial charge is 0.375 e. The van der Waals surface area contributed by atoms with Crippen LogP contribution in [0, 0.1) is 0 Å². The van der Waals surface area contributed by atoms with E-state index in [1.165, 1.54) is 0 Å². The summed E-state index contributed by atoms with van der Waals surface area (Å²) in [6, 6.07) is 7.49. The molecule has 0 saturated heterocycles. The van der Waals surface area contributed by atoms with Crippen molar-refractivity contribution in [1.29, 1.82) is 0 Å². The monoisotopic (exact) mass is 201 g/mol. The summed E-state index contributed by atoms with van der Waals surface area (Å²) in [6.07, 6.45) is 0. The van der Waals surface area contributed by atoms with Gasteiger partial charge in [0.2, 0.25) is 0 Å². The molecular formula is C8H12NOPS. The molecule has 0 bridgehead atoms. The summed E-state index contributed by atoms with van der Waals surface area (Å²) in [7, 11) is -0.288. The van der Waals surface area contributed by atoms with E-state index in [9.17, 15) is 0 Å². The van der Waals surface area contributed by atoms with E-state index in [1.54, 1.807) is 6.92 Å². The van der Waals surface area contributed by atoms with Crippen molar-refractivity contribution in [2.24, 2.45) is 5.73 Å². The zero-order valence-corrected chi connectivity index (χ0v) is 8.68. The maximum absolute atomic E-state index is 9.00. The van der Waals surface area contributed by atoms with Crippen LogP contribution in [0.1, 0.15) is 12.5 Å². The molecule has 2 nitrogen and oxygen atoms in total. The van der Waals surface area contributed by atoms with Gasteiger partial charge >= 0.3 is 0 Å². The molecule has 66 valence electrons. The fourth-order valence-electron chi connectivity index (χ4n) is 0.872. The van der Waals surface area contributed by atoms with Crippen molar-refractivity contribution >= 4 is 21.4 Å². The molecular weight excluding hydrogens is 189 g/mol. The Kier molecular flexibility index (Phi) is 3.13. The van der Waals surface area contributed by atoms with Gasteiger partial charge < -0.3 is 10.6 Å². The molecule has 0 fully saturated rings. The maximum Gasteiger partial charge on any atom is 0.0800 e. The predicted octanol–water partition coefficient (Wildman–Crippen LogP) is 1.69. The van der Waals surface area contributed by atoms with Crippen LogP contribution in [-0.4, -0.2) is 4.89 Å². The summed E-state index contributed by atoms with van der Waals surface area (Å²) in [5, 5.41) is -0.624. The highest BCUT2D eigenvalue weighted by atomic mass is 32.1. The lowest BCUT2D eigenvalue weighted by Crippen LogP contribution is -2.26. The first kappa shape index (κ1) is 10.0. The van der Waals surface area contributed by atoms with Gasteiger partial charge in [-0.3, -0.25) is 0 Å². The molecule has 0 aliphatic rings. The molecule has 3 N–H and O–H groups in total. The number of nitrogens with two attached hydrogens (primary N) is 1. The minimum Gasteiger partial charge on any atom is -0.375 e. The van der Waals surface area contributed by atoms with Gasteiger partial charge in [0.15, 0.2) is 0 Å². The highest BCUT2D eigenvalue weighted by Crippen LogP contribution is 2.33. The van der Waals surface area contributed by atoms with Crippen LogP contribution in [0.25, 0.3) is 0 Å². The Bertz CT molecular complexity index is 260. The lowest BCUT2D eigenvalue weighted by molar-refractivity contribution is 0.583. The number of rotatable bonds is 2. The molecule has 1 aromatic carbocycles. The van der Waals surface area contributed by atoms with Gasteiger partial charge in [-0.15, -0.1) is 12.6 Å². The Morgan fingerprint density at radius 2 is 1.92 bits per heavy atom. The van der Waals surface area contributed by atoms with E-state index in [2.05, 4.69) is 12.6 Å². The summed E-state index contributed by atoms with van der Waals surface area (Å²) < 4.78 is 0. The van der Waals surface area contributed by atoms with Crippen molar-refractivity contribution in [2.45, 2.75) is 17.1 Å². The van der Waals surface area contributed by atoms with Crippen LogP contribution < -0.4 is 5.73 Å². The number of hydrogen-bond acceptors (Lipinski definition) is 3. The summed E-state index contributed by atoms with van der Waals surface area (Å²) >= 11 is 4.16. The Balaban J connectivity index is 2.96. The zero-order valence-electron chi connectivity index (χ0n) is 6.78. The van der Waals surface area contributed by atoms with Gasteiger partial charge in [0.25, 0.3) is 0 Å². The van der Waals surface area contributed by atoms with E-state index < -0.39 is 5.28 Å². The van der Waals surface area contributed by atoms with Gasteiger partial charge in [-0.05, 0) is 24.6 Å². The second kappa shape index (κ2) is 3.75. The van der Waals surface area contributed by atoms with Gasteiger partial charge in [0.1, 0.15) is 0 Å².